The van der Waals surface area contributed by atoms with Crippen molar-refractivity contribution in [2.45, 2.75) is 26.5 Å². The minimum Gasteiger partial charge on any atom is -0.353 e. The monoisotopic (exact) mass is 666 g/mol. The first-order chi connectivity index (χ1) is 25.2. The van der Waals surface area contributed by atoms with Gasteiger partial charge in [-0.15, -0.1) is 10.0 Å². The number of aryl methyl sites for hydroxylation is 1. The van der Waals surface area contributed by atoms with E-state index in [4.69, 9.17) is 0 Å². The maximum Gasteiger partial charge on any atom is 0.198 e. The van der Waals surface area contributed by atoms with E-state index in [2.05, 4.69) is 175 Å². The number of rotatable bonds is 1. The van der Waals surface area contributed by atoms with Crippen molar-refractivity contribution in [3.05, 3.63) is 163 Å². The maximum atomic E-state index is 4.05. The number of aromatic nitrogens is 1. The Morgan fingerprint density at radius 3 is 2.00 bits per heavy atom. The van der Waals surface area contributed by atoms with Gasteiger partial charge in [0.1, 0.15) is 0 Å². The van der Waals surface area contributed by atoms with Crippen molar-refractivity contribution in [3.63, 3.8) is 0 Å². The molecule has 0 aliphatic carbocycles. The molecule has 3 aliphatic heterocycles. The van der Waals surface area contributed by atoms with Crippen molar-refractivity contribution in [1.82, 2.24) is 4.57 Å². The summed E-state index contributed by atoms with van der Waals surface area (Å²) in [6.07, 6.45) is 0. The summed E-state index contributed by atoms with van der Waals surface area (Å²) < 4.78 is 2.59. The van der Waals surface area contributed by atoms with E-state index in [9.17, 15) is 0 Å². The molecule has 2 nitrogen and oxygen atoms in total. The summed E-state index contributed by atoms with van der Waals surface area (Å²) >= 11 is 0. The Morgan fingerprint density at radius 1 is 0.510 bits per heavy atom. The first kappa shape index (κ1) is 27.8. The third kappa shape index (κ3) is 3.41. The van der Waals surface area contributed by atoms with Crippen LogP contribution in [-0.2, 0) is 0 Å². The highest BCUT2D eigenvalue weighted by Gasteiger charge is 2.46. The van der Waals surface area contributed by atoms with E-state index in [1.54, 1.807) is 0 Å². The second-order valence-electron chi connectivity index (χ2n) is 14.2. The number of fused-ring (bicyclic) bond motifs is 16. The molecule has 1 N–H and O–H groups in total. The number of nitrogens with one attached hydrogen (secondary N) is 1. The Balaban J connectivity index is 1.19. The van der Waals surface area contributed by atoms with Gasteiger partial charge in [-0.05, 0) is 76.4 Å². The molecule has 0 saturated carbocycles. The molecule has 4 heterocycles. The van der Waals surface area contributed by atoms with E-state index in [1.807, 2.05) is 0 Å². The lowest BCUT2D eigenvalue weighted by Crippen LogP contribution is -2.37. The zero-order valence-electron chi connectivity index (χ0n) is 28.1. The van der Waals surface area contributed by atoms with Crippen LogP contribution in [0, 0.1) is 6.92 Å². The van der Waals surface area contributed by atoms with Crippen LogP contribution >= 0.6 is 10.0 Å². The van der Waals surface area contributed by atoms with Crippen molar-refractivity contribution >= 4 is 72.2 Å². The molecule has 1 spiro atoms. The molecule has 9 aromatic rings. The Hall–Kier alpha value is -5.97. The second-order valence-corrected chi connectivity index (χ2v) is 17.2. The van der Waals surface area contributed by atoms with Gasteiger partial charge >= 0.3 is 0 Å². The van der Waals surface area contributed by atoms with Crippen LogP contribution in [0.15, 0.2) is 177 Å². The van der Waals surface area contributed by atoms with Gasteiger partial charge < -0.3 is 9.88 Å². The van der Waals surface area contributed by atoms with Crippen LogP contribution in [0.4, 0.5) is 11.4 Å². The maximum absolute atomic E-state index is 4.05. The molecule has 0 atom stereocenters. The minimum absolute atomic E-state index is 0.889. The molecular weight excluding hydrogens is 635 g/mol. The second kappa shape index (κ2) is 9.84. The average molecular weight is 667 g/mol. The van der Waals surface area contributed by atoms with Crippen LogP contribution in [0.5, 0.6) is 0 Å². The fourth-order valence-corrected chi connectivity index (χ4v) is 14.1. The van der Waals surface area contributed by atoms with Crippen LogP contribution in [-0.4, -0.2) is 11.8 Å². The Labute approximate surface area is 298 Å². The number of hydrogen-bond acceptors (Lipinski definition) is 1. The van der Waals surface area contributed by atoms with Crippen LogP contribution in [0.1, 0.15) is 5.56 Å². The van der Waals surface area contributed by atoms with E-state index in [0.29, 0.717) is 0 Å². The molecule has 12 rings (SSSR count). The fraction of sp³-hybridized carbons (Fsp3) is 0.0213. The lowest BCUT2D eigenvalue weighted by molar-refractivity contribution is 1.19. The van der Waals surface area contributed by atoms with Gasteiger partial charge in [0.2, 0.25) is 0 Å². The molecule has 0 bridgehead atoms. The average Bonchev–Trinajstić information content (AvgIpc) is 3.68. The van der Waals surface area contributed by atoms with Crippen LogP contribution in [0.25, 0.3) is 60.5 Å². The van der Waals surface area contributed by atoms with Gasteiger partial charge in [0, 0.05) is 52.5 Å². The normalized spacial score (nSPS) is 14.7. The Morgan fingerprint density at radius 2 is 1.16 bits per heavy atom. The molecule has 8 aromatic carbocycles. The van der Waals surface area contributed by atoms with Gasteiger partial charge in [-0.1, -0.05) is 127 Å². The highest BCUT2D eigenvalue weighted by Crippen LogP contribution is 2.83. The molecule has 0 unspecified atom stereocenters. The van der Waals surface area contributed by atoms with Crippen molar-refractivity contribution in [3.8, 4) is 27.9 Å². The summed E-state index contributed by atoms with van der Waals surface area (Å²) in [5, 5.41) is 9.28. The molecule has 51 heavy (non-hydrogen) atoms. The number of benzene rings is 8. The summed E-state index contributed by atoms with van der Waals surface area (Å²) in [5.74, 6) is 0. The largest absolute Gasteiger partial charge is 0.353 e. The summed E-state index contributed by atoms with van der Waals surface area (Å²) in [7, 11) is -0.865. The molecule has 0 fully saturated rings. The van der Waals surface area contributed by atoms with Gasteiger partial charge in [-0.2, -0.15) is 0 Å². The smallest absolute Gasteiger partial charge is 0.198 e. The summed E-state index contributed by atoms with van der Waals surface area (Å²) in [6.45, 7) is 2.26. The van der Waals surface area contributed by atoms with E-state index >= 15 is 0 Å². The van der Waals surface area contributed by atoms with E-state index < -0.39 is 10.0 Å². The first-order valence-electron chi connectivity index (χ1n) is 17.8. The third-order valence-electron chi connectivity index (χ3n) is 11.6. The van der Waals surface area contributed by atoms with Crippen molar-refractivity contribution in [2.24, 2.45) is 0 Å². The standard InChI is InChI=1S/C47H31BN2S/c1-28-26-36(44-39(27-28)50-46-30-13-3-2-12-29(30)24-25-35(46)34-17-10-18-37(48-44)47(34)50)33-16-11-23-43-45(33)49-38-19-6-9-22-42(38)51(43)40-20-7-4-14-31(40)32-15-5-8-21-41(32)51/h2-27,48-49H,1H3. The summed E-state index contributed by atoms with van der Waals surface area (Å²) in [5.41, 5.74) is 15.7. The number of para-hydroxylation sites is 3. The van der Waals surface area contributed by atoms with Gasteiger partial charge in [0.05, 0.1) is 16.9 Å². The van der Waals surface area contributed by atoms with Crippen molar-refractivity contribution < 1.29 is 0 Å². The number of hydrogen-bond donors (Lipinski definition) is 1. The summed E-state index contributed by atoms with van der Waals surface area (Å²) in [6, 6.07) is 59.6. The van der Waals surface area contributed by atoms with Crippen molar-refractivity contribution in [1.29, 1.82) is 0 Å². The quantitative estimate of drug-likeness (QED) is 0.173. The zero-order valence-corrected chi connectivity index (χ0v) is 28.9. The lowest BCUT2D eigenvalue weighted by atomic mass is 9.59. The molecule has 0 amide bonds. The molecule has 0 saturated heterocycles. The SMILES string of the molecule is Cc1cc(-c2cccc3c2Nc2ccccc2S32c3ccccc3-c3ccccc32)c2c(c1)-n1c3c(cccc3c3ccc4ccccc4c31)B2. The minimum atomic E-state index is -1.75. The molecule has 3 aliphatic rings. The lowest BCUT2D eigenvalue weighted by Gasteiger charge is -2.45. The van der Waals surface area contributed by atoms with Gasteiger partial charge in [-0.25, -0.2) is 0 Å². The zero-order chi connectivity index (χ0) is 33.4. The van der Waals surface area contributed by atoms with Crippen LogP contribution in [0.3, 0.4) is 0 Å². The van der Waals surface area contributed by atoms with Gasteiger partial charge in [0.25, 0.3) is 0 Å². The number of nitrogens with zero attached hydrogens (tertiary/aromatic N) is 1. The highest BCUT2D eigenvalue weighted by molar-refractivity contribution is 8.34. The highest BCUT2D eigenvalue weighted by atomic mass is 32.3. The van der Waals surface area contributed by atoms with Gasteiger partial charge in [0.15, 0.2) is 7.28 Å². The topological polar surface area (TPSA) is 17.0 Å². The van der Waals surface area contributed by atoms with E-state index in [0.717, 1.165) is 7.28 Å². The molecule has 1 aromatic heterocycles. The fourth-order valence-electron chi connectivity index (χ4n) is 9.63. The molecule has 238 valence electrons. The molecule has 4 heteroatoms. The van der Waals surface area contributed by atoms with E-state index in [-0.39, 0.29) is 0 Å². The van der Waals surface area contributed by atoms with E-state index in [1.165, 1.54) is 108 Å². The van der Waals surface area contributed by atoms with Crippen LogP contribution in [0.2, 0.25) is 0 Å². The Kier molecular flexibility index (Phi) is 5.37. The van der Waals surface area contributed by atoms with Crippen LogP contribution < -0.4 is 16.2 Å². The predicted octanol–water partition coefficient (Wildman–Crippen LogP) is 11.0. The summed E-state index contributed by atoms with van der Waals surface area (Å²) in [4.78, 5) is 5.65. The Bertz CT molecular complexity index is 2960. The number of anilines is 2. The third-order valence-corrected chi connectivity index (χ3v) is 15.6. The van der Waals surface area contributed by atoms with Gasteiger partial charge in [-0.3, -0.25) is 0 Å². The van der Waals surface area contributed by atoms with Crippen molar-refractivity contribution in [2.75, 3.05) is 5.32 Å². The first-order valence-corrected chi connectivity index (χ1v) is 19.4. The predicted molar refractivity (Wildman–Crippen MR) is 217 cm³/mol. The molecular formula is C47H31BN2S. The molecule has 0 radical (unpaired) electrons.